The molecule has 0 atom stereocenters. The number of ether oxygens (including phenoxy) is 1. The van der Waals surface area contributed by atoms with Crippen LogP contribution in [0.15, 0.2) is 72.8 Å². The summed E-state index contributed by atoms with van der Waals surface area (Å²) in [6, 6.07) is 22.4. The fourth-order valence-electron chi connectivity index (χ4n) is 3.09. The van der Waals surface area contributed by atoms with E-state index in [-0.39, 0.29) is 11.5 Å². The van der Waals surface area contributed by atoms with Gasteiger partial charge < -0.3 is 14.9 Å². The standard InChI is InChI=1S/C23H22O3/c1-3-22(16-8-14-21(26-2)15-9-16)23(17-4-10-19(24)11-5-17)18-6-12-20(25)13-7-18/h4-15,24-25H,3H2,1-2H3. The van der Waals surface area contributed by atoms with E-state index in [1.165, 1.54) is 5.57 Å². The van der Waals surface area contributed by atoms with E-state index in [0.29, 0.717) is 0 Å². The molecule has 0 unspecified atom stereocenters. The number of hydrogen-bond acceptors (Lipinski definition) is 3. The van der Waals surface area contributed by atoms with E-state index in [1.54, 1.807) is 31.4 Å². The molecule has 0 aliphatic rings. The highest BCUT2D eigenvalue weighted by molar-refractivity contribution is 5.98. The predicted molar refractivity (Wildman–Crippen MR) is 105 cm³/mol. The number of methoxy groups -OCH3 is 1. The van der Waals surface area contributed by atoms with Gasteiger partial charge in [0, 0.05) is 0 Å². The minimum atomic E-state index is 0.237. The first-order valence-corrected chi connectivity index (χ1v) is 8.58. The van der Waals surface area contributed by atoms with Crippen LogP contribution in [0, 0.1) is 0 Å². The van der Waals surface area contributed by atoms with Crippen molar-refractivity contribution >= 4 is 11.1 Å². The van der Waals surface area contributed by atoms with Crippen molar-refractivity contribution in [3.8, 4) is 17.2 Å². The topological polar surface area (TPSA) is 49.7 Å². The largest absolute Gasteiger partial charge is 0.508 e. The molecule has 3 rings (SSSR count). The van der Waals surface area contributed by atoms with Crippen LogP contribution in [0.3, 0.4) is 0 Å². The lowest BCUT2D eigenvalue weighted by atomic mass is 9.88. The molecule has 0 fully saturated rings. The van der Waals surface area contributed by atoms with Gasteiger partial charge in [-0.3, -0.25) is 0 Å². The van der Waals surface area contributed by atoms with E-state index >= 15 is 0 Å². The van der Waals surface area contributed by atoms with Crippen molar-refractivity contribution in [3.63, 3.8) is 0 Å². The Bertz CT molecular complexity index is 842. The fourth-order valence-corrected chi connectivity index (χ4v) is 3.09. The fraction of sp³-hybridized carbons (Fsp3) is 0.130. The van der Waals surface area contributed by atoms with Crippen molar-refractivity contribution in [1.82, 2.24) is 0 Å². The van der Waals surface area contributed by atoms with Crippen LogP contribution in [0.1, 0.15) is 30.0 Å². The highest BCUT2D eigenvalue weighted by Gasteiger charge is 2.13. The molecule has 3 aromatic rings. The van der Waals surface area contributed by atoms with Crippen molar-refractivity contribution in [2.45, 2.75) is 13.3 Å². The highest BCUT2D eigenvalue weighted by Crippen LogP contribution is 2.35. The molecule has 3 nitrogen and oxygen atoms in total. The quantitative estimate of drug-likeness (QED) is 0.602. The number of phenols is 2. The maximum absolute atomic E-state index is 9.65. The van der Waals surface area contributed by atoms with Crippen LogP contribution in [0.4, 0.5) is 0 Å². The monoisotopic (exact) mass is 346 g/mol. The summed E-state index contributed by atoms with van der Waals surface area (Å²) in [6.45, 7) is 2.13. The summed E-state index contributed by atoms with van der Waals surface area (Å²) in [5.74, 6) is 1.29. The maximum Gasteiger partial charge on any atom is 0.118 e. The van der Waals surface area contributed by atoms with Gasteiger partial charge in [0.25, 0.3) is 0 Å². The molecule has 0 amide bonds. The number of hydrogen-bond donors (Lipinski definition) is 2. The van der Waals surface area contributed by atoms with Gasteiger partial charge in [0.2, 0.25) is 0 Å². The van der Waals surface area contributed by atoms with E-state index < -0.39 is 0 Å². The Hall–Kier alpha value is -3.20. The SMILES string of the molecule is CCC(=C(c1ccc(O)cc1)c1ccc(O)cc1)c1ccc(OC)cc1. The van der Waals surface area contributed by atoms with E-state index in [2.05, 4.69) is 19.1 Å². The molecule has 2 N–H and O–H groups in total. The van der Waals surface area contributed by atoms with Crippen molar-refractivity contribution in [3.05, 3.63) is 89.5 Å². The average Bonchev–Trinajstić information content (AvgIpc) is 2.68. The van der Waals surface area contributed by atoms with Gasteiger partial charge in [0.05, 0.1) is 7.11 Å². The molecule has 26 heavy (non-hydrogen) atoms. The molecule has 0 radical (unpaired) electrons. The Labute approximate surface area is 153 Å². The number of aromatic hydroxyl groups is 2. The summed E-state index contributed by atoms with van der Waals surface area (Å²) in [4.78, 5) is 0. The Balaban J connectivity index is 2.22. The average molecular weight is 346 g/mol. The Morgan fingerprint density at radius 2 is 1.12 bits per heavy atom. The Morgan fingerprint density at radius 3 is 1.50 bits per heavy atom. The molecule has 0 heterocycles. The maximum atomic E-state index is 9.65. The van der Waals surface area contributed by atoms with Crippen LogP contribution in [0.25, 0.3) is 11.1 Å². The van der Waals surface area contributed by atoms with Crippen molar-refractivity contribution in [1.29, 1.82) is 0 Å². The van der Waals surface area contributed by atoms with Crippen LogP contribution in [0.5, 0.6) is 17.2 Å². The second-order valence-electron chi connectivity index (χ2n) is 6.03. The lowest BCUT2D eigenvalue weighted by Gasteiger charge is -2.17. The molecule has 0 spiro atoms. The summed E-state index contributed by atoms with van der Waals surface area (Å²) in [5, 5.41) is 19.3. The molecule has 0 aliphatic heterocycles. The van der Waals surface area contributed by atoms with Crippen LogP contribution >= 0.6 is 0 Å². The molecule has 0 saturated heterocycles. The molecule has 0 bridgehead atoms. The van der Waals surface area contributed by atoms with E-state index in [4.69, 9.17) is 4.74 Å². The Morgan fingerprint density at radius 1 is 0.692 bits per heavy atom. The van der Waals surface area contributed by atoms with E-state index in [1.807, 2.05) is 36.4 Å². The molecular formula is C23H22O3. The first-order chi connectivity index (χ1) is 12.6. The van der Waals surface area contributed by atoms with Gasteiger partial charge in [-0.1, -0.05) is 43.3 Å². The number of benzene rings is 3. The minimum Gasteiger partial charge on any atom is -0.508 e. The van der Waals surface area contributed by atoms with Crippen molar-refractivity contribution in [2.24, 2.45) is 0 Å². The van der Waals surface area contributed by atoms with Crippen molar-refractivity contribution < 1.29 is 14.9 Å². The summed E-state index contributed by atoms with van der Waals surface area (Å²) in [6.07, 6.45) is 0.837. The van der Waals surface area contributed by atoms with Gasteiger partial charge in [-0.05, 0) is 70.7 Å². The third-order valence-electron chi connectivity index (χ3n) is 4.41. The third-order valence-corrected chi connectivity index (χ3v) is 4.41. The molecule has 0 aromatic heterocycles. The zero-order valence-electron chi connectivity index (χ0n) is 14.9. The first-order valence-electron chi connectivity index (χ1n) is 8.58. The van der Waals surface area contributed by atoms with Crippen molar-refractivity contribution in [2.75, 3.05) is 7.11 Å². The molecular weight excluding hydrogens is 324 g/mol. The number of phenolic OH excluding ortho intramolecular Hbond substituents is 2. The van der Waals surface area contributed by atoms with E-state index in [0.717, 1.165) is 34.4 Å². The molecule has 3 heteroatoms. The van der Waals surface area contributed by atoms with Crippen LogP contribution in [0.2, 0.25) is 0 Å². The molecule has 3 aromatic carbocycles. The minimum absolute atomic E-state index is 0.237. The summed E-state index contributed by atoms with van der Waals surface area (Å²) in [7, 11) is 1.66. The third kappa shape index (κ3) is 3.72. The summed E-state index contributed by atoms with van der Waals surface area (Å²) in [5.41, 5.74) is 5.41. The van der Waals surface area contributed by atoms with Gasteiger partial charge in [-0.25, -0.2) is 0 Å². The Kier molecular flexibility index (Phi) is 5.28. The summed E-state index contributed by atoms with van der Waals surface area (Å²) >= 11 is 0. The van der Waals surface area contributed by atoms with Gasteiger partial charge in [-0.2, -0.15) is 0 Å². The molecule has 132 valence electrons. The predicted octanol–water partition coefficient (Wildman–Crippen LogP) is 5.48. The van der Waals surface area contributed by atoms with Gasteiger partial charge in [-0.15, -0.1) is 0 Å². The second-order valence-corrected chi connectivity index (χ2v) is 6.03. The van der Waals surface area contributed by atoms with Gasteiger partial charge >= 0.3 is 0 Å². The smallest absolute Gasteiger partial charge is 0.118 e. The van der Waals surface area contributed by atoms with E-state index in [9.17, 15) is 10.2 Å². The van der Waals surface area contributed by atoms with Gasteiger partial charge in [0.15, 0.2) is 0 Å². The zero-order chi connectivity index (χ0) is 18.5. The highest BCUT2D eigenvalue weighted by atomic mass is 16.5. The zero-order valence-corrected chi connectivity index (χ0v) is 14.9. The second kappa shape index (κ2) is 7.79. The molecule has 0 aliphatic carbocycles. The van der Waals surface area contributed by atoms with Crippen LogP contribution in [-0.2, 0) is 0 Å². The normalized spacial score (nSPS) is 10.4. The first kappa shape index (κ1) is 17.6. The lowest BCUT2D eigenvalue weighted by Crippen LogP contribution is -1.95. The van der Waals surface area contributed by atoms with Crippen LogP contribution < -0.4 is 4.74 Å². The van der Waals surface area contributed by atoms with Gasteiger partial charge in [0.1, 0.15) is 17.2 Å². The molecule has 0 saturated carbocycles. The summed E-state index contributed by atoms with van der Waals surface area (Å²) < 4.78 is 5.27. The lowest BCUT2D eigenvalue weighted by molar-refractivity contribution is 0.415. The number of rotatable bonds is 5. The van der Waals surface area contributed by atoms with Crippen LogP contribution in [-0.4, -0.2) is 17.3 Å². The number of allylic oxidation sites excluding steroid dienone is 1.